The Hall–Kier alpha value is -2.98. The van der Waals surface area contributed by atoms with E-state index in [1.165, 1.54) is 0 Å². The third-order valence-electron chi connectivity index (χ3n) is 3.91. The van der Waals surface area contributed by atoms with Gasteiger partial charge in [0.1, 0.15) is 9.73 Å². The molecule has 3 nitrogen and oxygen atoms in total. The predicted octanol–water partition coefficient (Wildman–Crippen LogP) is 5.33. The number of rotatable bonds is 3. The second kappa shape index (κ2) is 6.49. The molecule has 1 unspecified atom stereocenters. The van der Waals surface area contributed by atoms with Crippen molar-refractivity contribution in [1.29, 1.82) is 0 Å². The second-order valence-electron chi connectivity index (χ2n) is 5.61. The summed E-state index contributed by atoms with van der Waals surface area (Å²) in [6, 6.07) is 26.8. The van der Waals surface area contributed by atoms with Gasteiger partial charge in [-0.05, 0) is 35.9 Å². The van der Waals surface area contributed by atoms with Gasteiger partial charge < -0.3 is 0 Å². The van der Waals surface area contributed by atoms with Crippen molar-refractivity contribution in [2.45, 2.75) is 9.79 Å². The molecule has 0 radical (unpaired) electrons. The number of benzene rings is 3. The van der Waals surface area contributed by atoms with Gasteiger partial charge in [-0.25, -0.2) is 9.20 Å². The van der Waals surface area contributed by atoms with Crippen LogP contribution in [0.4, 0.5) is 5.69 Å². The molecule has 4 heteroatoms. The Morgan fingerprint density at radius 2 is 1.36 bits per heavy atom. The van der Waals surface area contributed by atoms with Gasteiger partial charge in [0.15, 0.2) is 5.84 Å². The predicted molar refractivity (Wildman–Crippen MR) is 103 cm³/mol. The Bertz CT molecular complexity index is 1080. The van der Waals surface area contributed by atoms with Crippen molar-refractivity contribution >= 4 is 27.3 Å². The Morgan fingerprint density at radius 1 is 0.720 bits per heavy atom. The number of amidine groups is 1. The first-order valence-corrected chi connectivity index (χ1v) is 9.50. The summed E-state index contributed by atoms with van der Waals surface area (Å²) in [5.74, 6) is 0.469. The van der Waals surface area contributed by atoms with Crippen LogP contribution in [0.25, 0.3) is 6.08 Å². The molecule has 3 aromatic rings. The van der Waals surface area contributed by atoms with E-state index < -0.39 is 9.73 Å². The lowest BCUT2D eigenvalue weighted by Gasteiger charge is -2.17. The third kappa shape index (κ3) is 3.04. The molecule has 0 spiro atoms. The molecule has 25 heavy (non-hydrogen) atoms. The smallest absolute Gasteiger partial charge is 0.162 e. The molecular weight excluding hydrogens is 328 g/mol. The minimum absolute atomic E-state index is 0.469. The van der Waals surface area contributed by atoms with E-state index in [0.29, 0.717) is 21.3 Å². The van der Waals surface area contributed by atoms with Gasteiger partial charge in [0, 0.05) is 0 Å². The van der Waals surface area contributed by atoms with Crippen LogP contribution >= 0.6 is 0 Å². The summed E-state index contributed by atoms with van der Waals surface area (Å²) < 4.78 is 18.3. The molecule has 122 valence electrons. The fraction of sp³-hybridized carbons (Fsp3) is 0. The zero-order chi connectivity index (χ0) is 17.1. The van der Waals surface area contributed by atoms with E-state index in [1.807, 2.05) is 97.1 Å². The van der Waals surface area contributed by atoms with Crippen molar-refractivity contribution < 1.29 is 4.21 Å². The standard InChI is InChI=1S/C21H16N2OS/c24-25(18-11-5-2-6-12-18)20-14-8-7-13-19(20)22-21(23-25)16-15-17-9-3-1-4-10-17/h1-16H/b16-15+. The monoisotopic (exact) mass is 344 g/mol. The van der Waals surface area contributed by atoms with Crippen molar-refractivity contribution in [3.05, 3.63) is 96.6 Å². The molecule has 4 rings (SSSR count). The van der Waals surface area contributed by atoms with Crippen LogP contribution in [-0.2, 0) is 9.73 Å². The largest absolute Gasteiger partial charge is 0.239 e. The van der Waals surface area contributed by atoms with Gasteiger partial charge in [0.05, 0.1) is 15.5 Å². The molecule has 0 fully saturated rings. The van der Waals surface area contributed by atoms with Crippen molar-refractivity contribution in [3.63, 3.8) is 0 Å². The van der Waals surface area contributed by atoms with E-state index in [-0.39, 0.29) is 0 Å². The van der Waals surface area contributed by atoms with Gasteiger partial charge in [0.2, 0.25) is 0 Å². The lowest BCUT2D eigenvalue weighted by atomic mass is 10.2. The summed E-state index contributed by atoms with van der Waals surface area (Å²) in [5, 5.41) is 0. The summed E-state index contributed by atoms with van der Waals surface area (Å²) in [4.78, 5) is 5.93. The van der Waals surface area contributed by atoms with Crippen molar-refractivity contribution in [1.82, 2.24) is 0 Å². The van der Waals surface area contributed by atoms with Crippen LogP contribution in [0.5, 0.6) is 0 Å². The molecule has 0 saturated heterocycles. The van der Waals surface area contributed by atoms with Gasteiger partial charge >= 0.3 is 0 Å². The molecule has 0 N–H and O–H groups in total. The molecule has 0 amide bonds. The molecular formula is C21H16N2OS. The van der Waals surface area contributed by atoms with Crippen molar-refractivity contribution in [3.8, 4) is 0 Å². The van der Waals surface area contributed by atoms with E-state index in [2.05, 4.69) is 9.36 Å². The van der Waals surface area contributed by atoms with Gasteiger partial charge in [-0.1, -0.05) is 66.7 Å². The molecule has 3 aromatic carbocycles. The van der Waals surface area contributed by atoms with E-state index in [9.17, 15) is 4.21 Å². The highest BCUT2D eigenvalue weighted by Gasteiger charge is 2.23. The number of hydrogen-bond donors (Lipinski definition) is 0. The summed E-state index contributed by atoms with van der Waals surface area (Å²) >= 11 is 0. The summed E-state index contributed by atoms with van der Waals surface area (Å²) in [7, 11) is -2.74. The van der Waals surface area contributed by atoms with Crippen LogP contribution in [-0.4, -0.2) is 10.0 Å². The zero-order valence-corrected chi connectivity index (χ0v) is 14.3. The minimum Gasteiger partial charge on any atom is -0.239 e. The van der Waals surface area contributed by atoms with Crippen LogP contribution in [0.1, 0.15) is 5.56 Å². The first-order valence-electron chi connectivity index (χ1n) is 7.99. The molecule has 1 aliphatic rings. The van der Waals surface area contributed by atoms with Crippen molar-refractivity contribution in [2.24, 2.45) is 9.36 Å². The molecule has 0 aromatic heterocycles. The van der Waals surface area contributed by atoms with Crippen LogP contribution < -0.4 is 0 Å². The summed E-state index contributed by atoms with van der Waals surface area (Å²) in [5.41, 5.74) is 1.75. The summed E-state index contributed by atoms with van der Waals surface area (Å²) in [6.45, 7) is 0. The van der Waals surface area contributed by atoms with E-state index in [4.69, 9.17) is 0 Å². The van der Waals surface area contributed by atoms with Gasteiger partial charge in [-0.3, -0.25) is 0 Å². The van der Waals surface area contributed by atoms with Crippen LogP contribution in [0.15, 0.2) is 110 Å². The van der Waals surface area contributed by atoms with Gasteiger partial charge in [-0.15, -0.1) is 0 Å². The fourth-order valence-electron chi connectivity index (χ4n) is 2.70. The molecule has 1 aliphatic heterocycles. The normalized spacial score (nSPS) is 19.1. The number of aliphatic imine (C=N–C) groups is 1. The van der Waals surface area contributed by atoms with Crippen LogP contribution in [0.2, 0.25) is 0 Å². The highest BCUT2D eigenvalue weighted by atomic mass is 32.2. The Morgan fingerprint density at radius 3 is 2.12 bits per heavy atom. The minimum atomic E-state index is -2.74. The average molecular weight is 344 g/mol. The van der Waals surface area contributed by atoms with Gasteiger partial charge in [-0.2, -0.15) is 4.36 Å². The van der Waals surface area contributed by atoms with Gasteiger partial charge in [0.25, 0.3) is 0 Å². The third-order valence-corrected chi connectivity index (χ3v) is 6.20. The number of hydrogen-bond acceptors (Lipinski definition) is 3. The SMILES string of the molecule is O=S1(c2ccccc2)=NC(/C=C/c2ccccc2)=Nc2ccccc21. The van der Waals surface area contributed by atoms with E-state index >= 15 is 0 Å². The Kier molecular flexibility index (Phi) is 4.04. The van der Waals surface area contributed by atoms with E-state index in [1.54, 1.807) is 0 Å². The zero-order valence-electron chi connectivity index (χ0n) is 13.4. The van der Waals surface area contributed by atoms with Crippen molar-refractivity contribution in [2.75, 3.05) is 0 Å². The maximum Gasteiger partial charge on any atom is 0.162 e. The summed E-state index contributed by atoms with van der Waals surface area (Å²) in [6.07, 6.45) is 3.75. The maximum absolute atomic E-state index is 13.8. The van der Waals surface area contributed by atoms with Crippen LogP contribution in [0, 0.1) is 0 Å². The quantitative estimate of drug-likeness (QED) is 0.633. The Balaban J connectivity index is 1.86. The fourth-order valence-corrected chi connectivity index (χ4v) is 4.70. The first-order chi connectivity index (χ1) is 12.3. The topological polar surface area (TPSA) is 41.8 Å². The highest BCUT2D eigenvalue weighted by Crippen LogP contribution is 2.35. The lowest BCUT2D eigenvalue weighted by Crippen LogP contribution is -2.09. The maximum atomic E-state index is 13.8. The molecule has 1 heterocycles. The second-order valence-corrected chi connectivity index (χ2v) is 7.76. The Labute approximate surface area is 147 Å². The first kappa shape index (κ1) is 15.5. The molecule has 0 bridgehead atoms. The number of para-hydroxylation sites is 1. The number of nitrogens with zero attached hydrogens (tertiary/aromatic N) is 2. The molecule has 0 aliphatic carbocycles. The molecule has 1 atom stereocenters. The van der Waals surface area contributed by atoms with E-state index in [0.717, 1.165) is 5.56 Å². The average Bonchev–Trinajstić information content (AvgIpc) is 2.68. The molecule has 0 saturated carbocycles. The van der Waals surface area contributed by atoms with Crippen LogP contribution in [0.3, 0.4) is 0 Å². The highest BCUT2D eigenvalue weighted by molar-refractivity contribution is 7.94. The number of fused-ring (bicyclic) bond motifs is 1. The lowest BCUT2D eigenvalue weighted by molar-refractivity contribution is 0.677.